The Balaban J connectivity index is 2.44. The quantitative estimate of drug-likeness (QED) is 0.675. The fraction of sp³-hybridized carbons (Fsp3) is 0.500. The van der Waals surface area contributed by atoms with Gasteiger partial charge in [-0.05, 0) is 17.7 Å². The molecule has 0 aliphatic heterocycles. The fourth-order valence-electron chi connectivity index (χ4n) is 1.53. The average molecular weight is 288 g/mol. The molecule has 0 aliphatic rings. The van der Waals surface area contributed by atoms with Gasteiger partial charge in [0.05, 0.1) is 20.5 Å². The van der Waals surface area contributed by atoms with Crippen molar-refractivity contribution in [1.82, 2.24) is 10.0 Å². The zero-order valence-electron chi connectivity index (χ0n) is 11.4. The minimum absolute atomic E-state index is 0.361. The minimum atomic E-state index is -3.12. The second-order valence-corrected chi connectivity index (χ2v) is 5.90. The van der Waals surface area contributed by atoms with Gasteiger partial charge in [-0.15, -0.1) is 0 Å². The Labute approximate surface area is 114 Å². The maximum absolute atomic E-state index is 10.9. The molecule has 1 rings (SSSR count). The second kappa shape index (κ2) is 7.32. The van der Waals surface area contributed by atoms with Crippen LogP contribution in [0.5, 0.6) is 11.5 Å². The molecular weight excluding hydrogens is 268 g/mol. The molecule has 7 heteroatoms. The van der Waals surface area contributed by atoms with Gasteiger partial charge in [0.25, 0.3) is 0 Å². The summed E-state index contributed by atoms with van der Waals surface area (Å²) < 4.78 is 34.5. The van der Waals surface area contributed by atoms with Gasteiger partial charge in [0.2, 0.25) is 10.0 Å². The second-order valence-electron chi connectivity index (χ2n) is 4.06. The highest BCUT2D eigenvalue weighted by Crippen LogP contribution is 2.22. The lowest BCUT2D eigenvalue weighted by molar-refractivity contribution is 0.393. The summed E-state index contributed by atoms with van der Waals surface area (Å²) >= 11 is 0. The summed E-state index contributed by atoms with van der Waals surface area (Å²) in [5, 5.41) is 3.14. The van der Waals surface area contributed by atoms with E-state index in [0.29, 0.717) is 19.6 Å². The van der Waals surface area contributed by atoms with Gasteiger partial charge in [-0.2, -0.15) is 0 Å². The molecule has 1 aromatic carbocycles. The normalized spacial score (nSPS) is 11.3. The maximum Gasteiger partial charge on any atom is 0.208 e. The fourth-order valence-corrected chi connectivity index (χ4v) is 2.00. The van der Waals surface area contributed by atoms with Crippen LogP contribution < -0.4 is 19.5 Å². The number of hydrogen-bond donors (Lipinski definition) is 2. The van der Waals surface area contributed by atoms with Gasteiger partial charge in [-0.1, -0.05) is 0 Å². The summed E-state index contributed by atoms with van der Waals surface area (Å²) in [7, 11) is 0.0779. The third-order valence-corrected chi connectivity index (χ3v) is 3.13. The van der Waals surface area contributed by atoms with Crippen LogP contribution in [0, 0.1) is 0 Å². The molecule has 19 heavy (non-hydrogen) atoms. The van der Waals surface area contributed by atoms with E-state index >= 15 is 0 Å². The predicted molar refractivity (Wildman–Crippen MR) is 74.1 cm³/mol. The SMILES string of the molecule is COc1cc(CNCCNS(C)(=O)=O)cc(OC)c1. The summed E-state index contributed by atoms with van der Waals surface area (Å²) in [5.41, 5.74) is 1.01. The lowest BCUT2D eigenvalue weighted by Crippen LogP contribution is -2.30. The van der Waals surface area contributed by atoms with E-state index in [0.717, 1.165) is 23.3 Å². The van der Waals surface area contributed by atoms with E-state index in [1.807, 2.05) is 12.1 Å². The maximum atomic E-state index is 10.9. The van der Waals surface area contributed by atoms with E-state index in [2.05, 4.69) is 10.0 Å². The number of methoxy groups -OCH3 is 2. The molecule has 0 unspecified atom stereocenters. The van der Waals surface area contributed by atoms with Gasteiger partial charge in [0.15, 0.2) is 0 Å². The molecule has 1 aromatic rings. The van der Waals surface area contributed by atoms with Crippen LogP contribution in [0.3, 0.4) is 0 Å². The Morgan fingerprint density at radius 2 is 1.63 bits per heavy atom. The molecule has 0 bridgehead atoms. The zero-order chi connectivity index (χ0) is 14.3. The van der Waals surface area contributed by atoms with Crippen LogP contribution in [0.1, 0.15) is 5.56 Å². The largest absolute Gasteiger partial charge is 0.497 e. The van der Waals surface area contributed by atoms with Crippen molar-refractivity contribution >= 4 is 10.0 Å². The van der Waals surface area contributed by atoms with Gasteiger partial charge in [0.1, 0.15) is 11.5 Å². The molecule has 0 amide bonds. The van der Waals surface area contributed by atoms with Crippen LogP contribution in [-0.4, -0.2) is 42.0 Å². The molecule has 2 N–H and O–H groups in total. The number of rotatable bonds is 8. The van der Waals surface area contributed by atoms with Crippen LogP contribution in [0.15, 0.2) is 18.2 Å². The topological polar surface area (TPSA) is 76.7 Å². The molecule has 0 radical (unpaired) electrons. The van der Waals surface area contributed by atoms with Crippen molar-refractivity contribution in [2.45, 2.75) is 6.54 Å². The van der Waals surface area contributed by atoms with Crippen molar-refractivity contribution in [2.75, 3.05) is 33.6 Å². The monoisotopic (exact) mass is 288 g/mol. The van der Waals surface area contributed by atoms with Crippen molar-refractivity contribution in [3.63, 3.8) is 0 Å². The van der Waals surface area contributed by atoms with Gasteiger partial charge >= 0.3 is 0 Å². The van der Waals surface area contributed by atoms with E-state index in [-0.39, 0.29) is 0 Å². The summed E-state index contributed by atoms with van der Waals surface area (Å²) in [4.78, 5) is 0. The number of sulfonamides is 1. The lowest BCUT2D eigenvalue weighted by Gasteiger charge is -2.09. The molecule has 0 aliphatic carbocycles. The number of ether oxygens (including phenoxy) is 2. The van der Waals surface area contributed by atoms with Gasteiger partial charge in [0, 0.05) is 25.7 Å². The van der Waals surface area contributed by atoms with Gasteiger partial charge < -0.3 is 14.8 Å². The molecule has 0 atom stereocenters. The summed E-state index contributed by atoms with van der Waals surface area (Å²) in [6.07, 6.45) is 1.14. The Morgan fingerprint density at radius 1 is 1.05 bits per heavy atom. The smallest absolute Gasteiger partial charge is 0.208 e. The number of hydrogen-bond acceptors (Lipinski definition) is 5. The number of benzene rings is 1. The summed E-state index contributed by atoms with van der Waals surface area (Å²) in [6, 6.07) is 5.60. The molecule has 0 spiro atoms. The van der Waals surface area contributed by atoms with E-state index in [9.17, 15) is 8.42 Å². The van der Waals surface area contributed by atoms with Crippen molar-refractivity contribution in [3.05, 3.63) is 23.8 Å². The highest BCUT2D eigenvalue weighted by Gasteiger charge is 2.02. The minimum Gasteiger partial charge on any atom is -0.497 e. The van der Waals surface area contributed by atoms with E-state index < -0.39 is 10.0 Å². The molecular formula is C12H20N2O4S. The Bertz CT molecular complexity index is 480. The standard InChI is InChI=1S/C12H20N2O4S/c1-17-11-6-10(7-12(8-11)18-2)9-13-4-5-14-19(3,15)16/h6-8,13-14H,4-5,9H2,1-3H3. The van der Waals surface area contributed by atoms with Crippen molar-refractivity contribution in [1.29, 1.82) is 0 Å². The highest BCUT2D eigenvalue weighted by molar-refractivity contribution is 7.88. The van der Waals surface area contributed by atoms with E-state index in [1.54, 1.807) is 20.3 Å². The molecule has 0 saturated carbocycles. The van der Waals surface area contributed by atoms with E-state index in [4.69, 9.17) is 9.47 Å². The predicted octanol–water partition coefficient (Wildman–Crippen LogP) is 0.343. The Kier molecular flexibility index (Phi) is 6.07. The first-order valence-electron chi connectivity index (χ1n) is 5.82. The summed E-state index contributed by atoms with van der Waals surface area (Å²) in [6.45, 7) is 1.52. The molecule has 0 saturated heterocycles. The molecule has 0 heterocycles. The molecule has 0 aromatic heterocycles. The van der Waals surface area contributed by atoms with Crippen LogP contribution in [0.2, 0.25) is 0 Å². The Morgan fingerprint density at radius 3 is 2.11 bits per heavy atom. The molecule has 0 fully saturated rings. The lowest BCUT2D eigenvalue weighted by atomic mass is 10.2. The third-order valence-electron chi connectivity index (χ3n) is 2.41. The molecule has 6 nitrogen and oxygen atoms in total. The van der Waals surface area contributed by atoms with Crippen molar-refractivity contribution in [3.8, 4) is 11.5 Å². The highest BCUT2D eigenvalue weighted by atomic mass is 32.2. The van der Waals surface area contributed by atoms with Crippen molar-refractivity contribution < 1.29 is 17.9 Å². The van der Waals surface area contributed by atoms with Crippen LogP contribution >= 0.6 is 0 Å². The van der Waals surface area contributed by atoms with Crippen LogP contribution in [0.4, 0.5) is 0 Å². The van der Waals surface area contributed by atoms with Gasteiger partial charge in [-0.25, -0.2) is 13.1 Å². The number of nitrogens with one attached hydrogen (secondary N) is 2. The third kappa shape index (κ3) is 6.42. The average Bonchev–Trinajstić information content (AvgIpc) is 2.36. The van der Waals surface area contributed by atoms with E-state index in [1.165, 1.54) is 0 Å². The first kappa shape index (κ1) is 15.7. The van der Waals surface area contributed by atoms with Crippen molar-refractivity contribution in [2.24, 2.45) is 0 Å². The van der Waals surface area contributed by atoms with Crippen LogP contribution in [-0.2, 0) is 16.6 Å². The van der Waals surface area contributed by atoms with Gasteiger partial charge in [-0.3, -0.25) is 0 Å². The Hall–Kier alpha value is -1.31. The first-order valence-corrected chi connectivity index (χ1v) is 7.71. The van der Waals surface area contributed by atoms with Crippen LogP contribution in [0.25, 0.3) is 0 Å². The zero-order valence-corrected chi connectivity index (χ0v) is 12.2. The molecule has 108 valence electrons. The first-order chi connectivity index (χ1) is 8.94. The summed E-state index contributed by atoms with van der Waals surface area (Å²) in [5.74, 6) is 1.45.